The third-order valence-corrected chi connectivity index (χ3v) is 4.99. The molecule has 0 spiro atoms. The second-order valence-corrected chi connectivity index (χ2v) is 8.33. The maximum absolute atomic E-state index is 14.2. The number of aromatic nitrogens is 1. The number of pyridine rings is 1. The quantitative estimate of drug-likeness (QED) is 0.901. The summed E-state index contributed by atoms with van der Waals surface area (Å²) in [7, 11) is 0. The first kappa shape index (κ1) is 18.6. The molecule has 1 aromatic heterocycles. The Morgan fingerprint density at radius 3 is 2.88 bits per heavy atom. The molecule has 1 aliphatic rings. The zero-order chi connectivity index (χ0) is 18.9. The number of hydrogen-bond acceptors (Lipinski definition) is 3. The number of halogens is 1. The summed E-state index contributed by atoms with van der Waals surface area (Å²) < 4.78 is 14.2. The Hall–Kier alpha value is -2.17. The largest absolute Gasteiger partial charge is 0.371 e. The van der Waals surface area contributed by atoms with Crippen molar-refractivity contribution in [1.29, 1.82) is 0 Å². The van der Waals surface area contributed by atoms with Crippen LogP contribution < -0.4 is 10.2 Å². The first-order chi connectivity index (χ1) is 12.3. The summed E-state index contributed by atoms with van der Waals surface area (Å²) in [4.78, 5) is 18.8. The van der Waals surface area contributed by atoms with E-state index in [9.17, 15) is 9.18 Å². The van der Waals surface area contributed by atoms with Gasteiger partial charge in [-0.15, -0.1) is 0 Å². The van der Waals surface area contributed by atoms with Gasteiger partial charge in [0.25, 0.3) is 0 Å². The molecule has 1 N–H and O–H groups in total. The molecule has 1 unspecified atom stereocenters. The molecule has 2 aromatic rings. The van der Waals surface area contributed by atoms with Gasteiger partial charge >= 0.3 is 0 Å². The van der Waals surface area contributed by atoms with Gasteiger partial charge in [-0.05, 0) is 37.8 Å². The third-order valence-electron chi connectivity index (χ3n) is 4.99. The van der Waals surface area contributed by atoms with Crippen LogP contribution in [0.1, 0.15) is 39.3 Å². The van der Waals surface area contributed by atoms with Crippen LogP contribution in [0.25, 0.3) is 10.9 Å². The first-order valence-electron chi connectivity index (χ1n) is 9.35. The number of aryl methyl sites for hydroxylation is 1. The maximum atomic E-state index is 14.2. The van der Waals surface area contributed by atoms with E-state index in [4.69, 9.17) is 0 Å². The molecule has 0 aliphatic carbocycles. The van der Waals surface area contributed by atoms with Crippen LogP contribution in [0.2, 0.25) is 0 Å². The molecule has 5 heteroatoms. The van der Waals surface area contributed by atoms with Crippen LogP contribution in [-0.4, -0.2) is 30.5 Å². The van der Waals surface area contributed by atoms with Gasteiger partial charge in [0, 0.05) is 41.8 Å². The number of amides is 1. The minimum atomic E-state index is -0.371. The lowest BCUT2D eigenvalue weighted by atomic mass is 9.93. The summed E-state index contributed by atoms with van der Waals surface area (Å²) in [6.07, 6.45) is 2.16. The molecule has 1 atom stereocenters. The number of nitrogens with zero attached hydrogens (tertiary/aromatic N) is 2. The fraction of sp³-hybridized carbons (Fsp3) is 0.524. The molecule has 1 saturated heterocycles. The average Bonchev–Trinajstić information content (AvgIpc) is 2.59. The fourth-order valence-corrected chi connectivity index (χ4v) is 3.53. The molecule has 1 aliphatic heterocycles. The molecular weight excluding hydrogens is 329 g/mol. The average molecular weight is 357 g/mol. The van der Waals surface area contributed by atoms with E-state index in [1.807, 2.05) is 39.8 Å². The fourth-order valence-electron chi connectivity index (χ4n) is 3.53. The summed E-state index contributed by atoms with van der Waals surface area (Å²) in [6, 6.07) is 7.17. The van der Waals surface area contributed by atoms with E-state index in [0.29, 0.717) is 18.0 Å². The molecule has 0 bridgehead atoms. The Labute approximate surface area is 154 Å². The molecule has 1 aromatic carbocycles. The number of nitrogens with one attached hydrogen (secondary N) is 1. The van der Waals surface area contributed by atoms with E-state index in [0.717, 1.165) is 42.7 Å². The minimum Gasteiger partial charge on any atom is -0.371 e. The van der Waals surface area contributed by atoms with E-state index >= 15 is 0 Å². The van der Waals surface area contributed by atoms with Crippen LogP contribution in [0.15, 0.2) is 24.3 Å². The van der Waals surface area contributed by atoms with Gasteiger partial charge in [0.15, 0.2) is 0 Å². The molecular formula is C21H28FN3O. The normalized spacial score (nSPS) is 18.2. The van der Waals surface area contributed by atoms with Crippen molar-refractivity contribution in [2.75, 3.05) is 24.5 Å². The Balaban J connectivity index is 1.79. The zero-order valence-electron chi connectivity index (χ0n) is 16.1. The monoisotopic (exact) mass is 357 g/mol. The summed E-state index contributed by atoms with van der Waals surface area (Å²) in [5.41, 5.74) is 1.93. The predicted octanol–water partition coefficient (Wildman–Crippen LogP) is 4.06. The maximum Gasteiger partial charge on any atom is 0.225 e. The van der Waals surface area contributed by atoms with Crippen LogP contribution in [0, 0.1) is 24.1 Å². The number of benzene rings is 1. The number of para-hydroxylation sites is 1. The molecule has 2 heterocycles. The molecule has 0 radical (unpaired) electrons. The van der Waals surface area contributed by atoms with Crippen LogP contribution in [-0.2, 0) is 4.79 Å². The van der Waals surface area contributed by atoms with Gasteiger partial charge in [-0.3, -0.25) is 4.79 Å². The molecule has 1 fully saturated rings. The smallest absolute Gasteiger partial charge is 0.225 e. The molecule has 0 saturated carbocycles. The Kier molecular flexibility index (Phi) is 5.17. The number of piperidine rings is 1. The van der Waals surface area contributed by atoms with Gasteiger partial charge in [0.1, 0.15) is 11.3 Å². The van der Waals surface area contributed by atoms with E-state index in [1.165, 1.54) is 6.07 Å². The molecule has 1 amide bonds. The first-order valence-corrected chi connectivity index (χ1v) is 9.35. The molecule has 4 nitrogen and oxygen atoms in total. The van der Waals surface area contributed by atoms with Crippen LogP contribution in [0.5, 0.6) is 0 Å². The molecule has 3 rings (SSSR count). The Morgan fingerprint density at radius 1 is 1.38 bits per heavy atom. The van der Waals surface area contributed by atoms with Crippen molar-refractivity contribution in [3.63, 3.8) is 0 Å². The van der Waals surface area contributed by atoms with Gasteiger partial charge in [-0.2, -0.15) is 0 Å². The van der Waals surface area contributed by atoms with Crippen molar-refractivity contribution >= 4 is 22.5 Å². The predicted molar refractivity (Wildman–Crippen MR) is 104 cm³/mol. The van der Waals surface area contributed by atoms with Crippen molar-refractivity contribution in [2.24, 2.45) is 11.3 Å². The number of anilines is 1. The highest BCUT2D eigenvalue weighted by Gasteiger charge is 2.25. The highest BCUT2D eigenvalue weighted by atomic mass is 19.1. The Bertz CT molecular complexity index is 813. The van der Waals surface area contributed by atoms with Gasteiger partial charge in [-0.25, -0.2) is 9.37 Å². The Morgan fingerprint density at radius 2 is 2.15 bits per heavy atom. The second-order valence-electron chi connectivity index (χ2n) is 8.33. The van der Waals surface area contributed by atoms with Gasteiger partial charge in [0.2, 0.25) is 5.91 Å². The number of rotatable bonds is 3. The lowest BCUT2D eigenvalue weighted by Crippen LogP contribution is -2.43. The van der Waals surface area contributed by atoms with E-state index in [1.54, 1.807) is 6.07 Å². The molecule has 140 valence electrons. The number of hydrogen-bond donors (Lipinski definition) is 1. The summed E-state index contributed by atoms with van der Waals surface area (Å²) in [5.74, 6) is 0.201. The summed E-state index contributed by atoms with van der Waals surface area (Å²) in [5, 5.41) is 3.94. The number of fused-ring (bicyclic) bond motifs is 1. The van der Waals surface area contributed by atoms with Crippen LogP contribution in [0.4, 0.5) is 10.1 Å². The van der Waals surface area contributed by atoms with Gasteiger partial charge < -0.3 is 10.2 Å². The highest BCUT2D eigenvalue weighted by molar-refractivity contribution is 5.92. The van der Waals surface area contributed by atoms with E-state index in [2.05, 4.69) is 15.2 Å². The summed E-state index contributed by atoms with van der Waals surface area (Å²) >= 11 is 0. The lowest BCUT2D eigenvalue weighted by Gasteiger charge is -2.35. The van der Waals surface area contributed by atoms with Crippen LogP contribution in [0.3, 0.4) is 0 Å². The minimum absolute atomic E-state index is 0.0851. The third kappa shape index (κ3) is 3.97. The van der Waals surface area contributed by atoms with E-state index < -0.39 is 0 Å². The highest BCUT2D eigenvalue weighted by Crippen LogP contribution is 2.31. The van der Waals surface area contributed by atoms with Crippen molar-refractivity contribution < 1.29 is 9.18 Å². The van der Waals surface area contributed by atoms with Crippen molar-refractivity contribution in [3.05, 3.63) is 35.8 Å². The van der Waals surface area contributed by atoms with Crippen molar-refractivity contribution in [1.82, 2.24) is 10.3 Å². The lowest BCUT2D eigenvalue weighted by molar-refractivity contribution is -0.128. The zero-order valence-corrected chi connectivity index (χ0v) is 16.1. The van der Waals surface area contributed by atoms with Crippen molar-refractivity contribution in [2.45, 2.75) is 40.5 Å². The standard InChI is InChI=1S/C21H28FN3O/c1-14-11-18(16-8-5-9-17(22)19(16)24-14)25-10-6-7-15(13-25)12-23-20(26)21(2,3)4/h5,8-9,11,15H,6-7,10,12-13H2,1-4H3,(H,23,26). The second kappa shape index (κ2) is 7.22. The molecule has 26 heavy (non-hydrogen) atoms. The van der Waals surface area contributed by atoms with Crippen molar-refractivity contribution in [3.8, 4) is 0 Å². The van der Waals surface area contributed by atoms with Crippen LogP contribution >= 0.6 is 0 Å². The number of carbonyl (C=O) groups is 1. The van der Waals surface area contributed by atoms with Gasteiger partial charge in [-0.1, -0.05) is 32.9 Å². The SMILES string of the molecule is Cc1cc(N2CCCC(CNC(=O)C(C)(C)C)C2)c2cccc(F)c2n1. The van der Waals surface area contributed by atoms with Gasteiger partial charge in [0.05, 0.1) is 0 Å². The summed E-state index contributed by atoms with van der Waals surface area (Å²) in [6.45, 7) is 10.2. The number of carbonyl (C=O) groups excluding carboxylic acids is 1. The van der Waals surface area contributed by atoms with E-state index in [-0.39, 0.29) is 17.1 Å². The topological polar surface area (TPSA) is 45.2 Å².